The molecule has 1 aromatic carbocycles. The lowest BCUT2D eigenvalue weighted by Crippen LogP contribution is -2.23. The van der Waals surface area contributed by atoms with Gasteiger partial charge in [0, 0.05) is 19.2 Å². The van der Waals surface area contributed by atoms with E-state index in [2.05, 4.69) is 5.32 Å². The number of carbonyl (C=O) groups is 1. The first-order valence-corrected chi connectivity index (χ1v) is 5.88. The normalized spacial score (nSPS) is 11.9. The molecule has 1 atom stereocenters. The van der Waals surface area contributed by atoms with E-state index in [1.165, 1.54) is 6.92 Å². The molecule has 0 aliphatic carbocycles. The van der Waals surface area contributed by atoms with Crippen molar-refractivity contribution in [3.63, 3.8) is 0 Å². The number of ether oxygens (including phenoxy) is 2. The molecule has 0 fully saturated rings. The quantitative estimate of drug-likeness (QED) is 0.771. The van der Waals surface area contributed by atoms with Crippen LogP contribution in [0.1, 0.15) is 13.8 Å². The maximum absolute atomic E-state index is 10.8. The van der Waals surface area contributed by atoms with Crippen LogP contribution in [0.25, 0.3) is 0 Å². The average Bonchev–Trinajstić information content (AvgIpc) is 2.35. The second kappa shape index (κ2) is 7.68. The Morgan fingerprint density at radius 3 is 2.56 bits per heavy atom. The zero-order valence-electron chi connectivity index (χ0n) is 10.7. The maximum Gasteiger partial charge on any atom is 0.221 e. The predicted octanol–water partition coefficient (Wildman–Crippen LogP) is 1.42. The van der Waals surface area contributed by atoms with Gasteiger partial charge >= 0.3 is 0 Å². The van der Waals surface area contributed by atoms with Gasteiger partial charge in [-0.25, -0.2) is 0 Å². The topological polar surface area (TPSA) is 67.8 Å². The van der Waals surface area contributed by atoms with Gasteiger partial charge in [0.1, 0.15) is 18.5 Å². The fourth-order valence-electron chi connectivity index (χ4n) is 1.33. The highest BCUT2D eigenvalue weighted by atomic mass is 16.5. The largest absolute Gasteiger partial charge is 0.491 e. The molecule has 18 heavy (non-hydrogen) atoms. The minimum Gasteiger partial charge on any atom is -0.491 e. The van der Waals surface area contributed by atoms with E-state index in [0.29, 0.717) is 18.0 Å². The minimum absolute atomic E-state index is 0.115. The fourth-order valence-corrected chi connectivity index (χ4v) is 1.33. The molecular weight excluding hydrogens is 234 g/mol. The molecule has 0 saturated carbocycles. The minimum atomic E-state index is -0.639. The van der Waals surface area contributed by atoms with Crippen LogP contribution in [0, 0.1) is 0 Å². The summed E-state index contributed by atoms with van der Waals surface area (Å²) < 4.78 is 10.5. The van der Waals surface area contributed by atoms with Gasteiger partial charge in [0.05, 0.1) is 6.61 Å². The van der Waals surface area contributed by atoms with E-state index in [-0.39, 0.29) is 19.1 Å². The van der Waals surface area contributed by atoms with Crippen molar-refractivity contribution < 1.29 is 19.4 Å². The van der Waals surface area contributed by atoms with Crippen LogP contribution in [0.4, 0.5) is 5.69 Å². The van der Waals surface area contributed by atoms with Crippen LogP contribution < -0.4 is 10.1 Å². The van der Waals surface area contributed by atoms with Crippen molar-refractivity contribution in [1.82, 2.24) is 0 Å². The first kappa shape index (κ1) is 14.5. The van der Waals surface area contributed by atoms with Gasteiger partial charge < -0.3 is 19.9 Å². The number of aliphatic hydroxyl groups is 1. The molecule has 0 bridgehead atoms. The summed E-state index contributed by atoms with van der Waals surface area (Å²) in [6, 6.07) is 6.95. The van der Waals surface area contributed by atoms with E-state index in [4.69, 9.17) is 9.47 Å². The van der Waals surface area contributed by atoms with Gasteiger partial charge in [0.15, 0.2) is 0 Å². The third-order valence-electron chi connectivity index (χ3n) is 2.13. The van der Waals surface area contributed by atoms with E-state index in [0.717, 1.165) is 0 Å². The highest BCUT2D eigenvalue weighted by Crippen LogP contribution is 2.15. The molecule has 1 unspecified atom stereocenters. The molecular formula is C13H19NO4. The Labute approximate surface area is 107 Å². The van der Waals surface area contributed by atoms with Crippen molar-refractivity contribution >= 4 is 11.6 Å². The van der Waals surface area contributed by atoms with Crippen LogP contribution >= 0.6 is 0 Å². The first-order chi connectivity index (χ1) is 8.61. The average molecular weight is 253 g/mol. The number of nitrogens with one attached hydrogen (secondary N) is 1. The second-order valence-corrected chi connectivity index (χ2v) is 3.83. The molecule has 1 aromatic rings. The van der Waals surface area contributed by atoms with E-state index in [9.17, 15) is 9.90 Å². The summed E-state index contributed by atoms with van der Waals surface area (Å²) in [7, 11) is 0. The van der Waals surface area contributed by atoms with Crippen LogP contribution in [0.5, 0.6) is 5.75 Å². The number of hydrogen-bond donors (Lipinski definition) is 2. The number of anilines is 1. The summed E-state index contributed by atoms with van der Waals surface area (Å²) in [6.07, 6.45) is -0.639. The van der Waals surface area contributed by atoms with E-state index in [1.807, 2.05) is 6.92 Å². The van der Waals surface area contributed by atoms with Crippen LogP contribution in [0.2, 0.25) is 0 Å². The van der Waals surface area contributed by atoms with Crippen LogP contribution in [-0.2, 0) is 9.53 Å². The zero-order chi connectivity index (χ0) is 13.4. The van der Waals surface area contributed by atoms with E-state index >= 15 is 0 Å². The Hall–Kier alpha value is -1.59. The summed E-state index contributed by atoms with van der Waals surface area (Å²) in [5.41, 5.74) is 0.713. The van der Waals surface area contributed by atoms with Crippen LogP contribution in [0.3, 0.4) is 0 Å². The van der Waals surface area contributed by atoms with Gasteiger partial charge in [-0.3, -0.25) is 4.79 Å². The second-order valence-electron chi connectivity index (χ2n) is 3.83. The molecule has 0 saturated heterocycles. The van der Waals surface area contributed by atoms with Crippen molar-refractivity contribution in [2.75, 3.05) is 25.1 Å². The van der Waals surface area contributed by atoms with Crippen molar-refractivity contribution in [1.29, 1.82) is 0 Å². The molecule has 0 spiro atoms. The van der Waals surface area contributed by atoms with Crippen LogP contribution in [-0.4, -0.2) is 36.9 Å². The Balaban J connectivity index is 2.36. The highest BCUT2D eigenvalue weighted by molar-refractivity contribution is 5.88. The van der Waals surface area contributed by atoms with E-state index in [1.54, 1.807) is 24.3 Å². The SMILES string of the molecule is CCOCC(O)COc1ccc(NC(C)=O)cc1. The summed E-state index contributed by atoms with van der Waals surface area (Å²) >= 11 is 0. The van der Waals surface area contributed by atoms with Crippen molar-refractivity contribution in [3.05, 3.63) is 24.3 Å². The Bertz CT molecular complexity index is 364. The van der Waals surface area contributed by atoms with Gasteiger partial charge in [-0.05, 0) is 31.2 Å². The zero-order valence-corrected chi connectivity index (χ0v) is 10.7. The molecule has 5 heteroatoms. The third-order valence-corrected chi connectivity index (χ3v) is 2.13. The molecule has 0 radical (unpaired) electrons. The summed E-state index contributed by atoms with van der Waals surface area (Å²) in [5, 5.41) is 12.2. The number of benzene rings is 1. The molecule has 0 aliphatic heterocycles. The van der Waals surface area contributed by atoms with E-state index < -0.39 is 6.10 Å². The lowest BCUT2D eigenvalue weighted by molar-refractivity contribution is -0.114. The van der Waals surface area contributed by atoms with Gasteiger partial charge in [0.2, 0.25) is 5.91 Å². The molecule has 100 valence electrons. The van der Waals surface area contributed by atoms with Gasteiger partial charge in [-0.15, -0.1) is 0 Å². The number of rotatable bonds is 7. The molecule has 1 rings (SSSR count). The Morgan fingerprint density at radius 1 is 1.33 bits per heavy atom. The first-order valence-electron chi connectivity index (χ1n) is 5.88. The van der Waals surface area contributed by atoms with Crippen molar-refractivity contribution in [2.24, 2.45) is 0 Å². The molecule has 5 nitrogen and oxygen atoms in total. The number of carbonyl (C=O) groups excluding carboxylic acids is 1. The lowest BCUT2D eigenvalue weighted by Gasteiger charge is -2.12. The van der Waals surface area contributed by atoms with Gasteiger partial charge in [-0.1, -0.05) is 0 Å². The predicted molar refractivity (Wildman–Crippen MR) is 68.7 cm³/mol. The molecule has 1 amide bonds. The number of aliphatic hydroxyl groups excluding tert-OH is 1. The summed E-state index contributed by atoms with van der Waals surface area (Å²) in [4.78, 5) is 10.8. The van der Waals surface area contributed by atoms with Gasteiger partial charge in [-0.2, -0.15) is 0 Å². The number of hydrogen-bond acceptors (Lipinski definition) is 4. The number of amides is 1. The Kier molecular flexibility index (Phi) is 6.18. The molecule has 0 aromatic heterocycles. The molecule has 0 aliphatic rings. The standard InChI is InChI=1S/C13H19NO4/c1-3-17-8-12(16)9-18-13-6-4-11(5-7-13)14-10(2)15/h4-7,12,16H,3,8-9H2,1-2H3,(H,14,15). The molecule has 2 N–H and O–H groups in total. The molecule has 0 heterocycles. The monoisotopic (exact) mass is 253 g/mol. The Morgan fingerprint density at radius 2 is 2.00 bits per heavy atom. The smallest absolute Gasteiger partial charge is 0.221 e. The van der Waals surface area contributed by atoms with Crippen LogP contribution in [0.15, 0.2) is 24.3 Å². The van der Waals surface area contributed by atoms with Crippen molar-refractivity contribution in [2.45, 2.75) is 20.0 Å². The summed E-state index contributed by atoms with van der Waals surface area (Å²) in [5.74, 6) is 0.524. The summed E-state index contributed by atoms with van der Waals surface area (Å²) in [6.45, 7) is 4.34. The maximum atomic E-state index is 10.8. The fraction of sp³-hybridized carbons (Fsp3) is 0.462. The third kappa shape index (κ3) is 5.65. The van der Waals surface area contributed by atoms with Crippen molar-refractivity contribution in [3.8, 4) is 5.75 Å². The lowest BCUT2D eigenvalue weighted by atomic mass is 10.3. The highest BCUT2D eigenvalue weighted by Gasteiger charge is 2.05. The van der Waals surface area contributed by atoms with Gasteiger partial charge in [0.25, 0.3) is 0 Å².